The molecule has 8 heteroatoms. The fourth-order valence-corrected chi connectivity index (χ4v) is 1.08. The molecule has 0 radical (unpaired) electrons. The quantitative estimate of drug-likeness (QED) is 0.261. The van der Waals surface area contributed by atoms with Gasteiger partial charge in [0, 0.05) is 12.4 Å². The zero-order valence-corrected chi connectivity index (χ0v) is 10.9. The first-order valence-electron chi connectivity index (χ1n) is 3.76. The Bertz CT molecular complexity index is 216. The summed E-state index contributed by atoms with van der Waals surface area (Å²) in [5.41, 5.74) is 0. The Hall–Kier alpha value is 0.790. The molecule has 0 aliphatic heterocycles. The topological polar surface area (TPSA) is 107 Å². The van der Waals surface area contributed by atoms with Crippen molar-refractivity contribution < 1.29 is 57.5 Å². The summed E-state index contributed by atoms with van der Waals surface area (Å²) in [6, 6.07) is 0. The predicted molar refractivity (Wildman–Crippen MR) is 43.1 cm³/mol. The van der Waals surface area contributed by atoms with E-state index in [0.717, 1.165) is 0 Å². The van der Waals surface area contributed by atoms with Crippen LogP contribution in [-0.4, -0.2) is 54.9 Å². The van der Waals surface area contributed by atoms with Gasteiger partial charge in [0.05, 0.1) is 23.3 Å². The molecule has 0 saturated heterocycles. The summed E-state index contributed by atoms with van der Waals surface area (Å²) in [4.78, 5) is 0. The zero-order chi connectivity index (χ0) is 10.3. The molecule has 0 heterocycles. The third kappa shape index (κ3) is 12.8. The summed E-state index contributed by atoms with van der Waals surface area (Å²) in [5, 5.41) is 17.1. The van der Waals surface area contributed by atoms with Gasteiger partial charge in [0.1, 0.15) is 6.10 Å². The average molecular weight is 236 g/mol. The van der Waals surface area contributed by atoms with E-state index >= 15 is 0 Å². The largest absolute Gasteiger partial charge is 1.00 e. The smallest absolute Gasteiger partial charge is 0.748 e. The number of rotatable bonds is 7. The van der Waals surface area contributed by atoms with E-state index in [9.17, 15) is 13.0 Å². The van der Waals surface area contributed by atoms with Crippen molar-refractivity contribution in [2.24, 2.45) is 0 Å². The van der Waals surface area contributed by atoms with Gasteiger partial charge in [-0.25, -0.2) is 8.42 Å². The summed E-state index contributed by atoms with van der Waals surface area (Å²) in [5.74, 6) is -0.470. The van der Waals surface area contributed by atoms with Crippen LogP contribution in [0.3, 0.4) is 0 Å². The molecule has 0 aromatic heterocycles. The fourth-order valence-electron chi connectivity index (χ4n) is 0.610. The first-order valence-corrected chi connectivity index (χ1v) is 5.33. The molecule has 1 atom stereocenters. The Balaban J connectivity index is 0. The molecular formula is C6H13NaO6S. The first kappa shape index (κ1) is 17.2. The zero-order valence-electron chi connectivity index (χ0n) is 8.05. The van der Waals surface area contributed by atoms with Gasteiger partial charge in [0.25, 0.3) is 0 Å². The standard InChI is InChI=1S/C6H14O6S.Na/c7-4-6(8)5-12-2-1-3-13(9,10)11;/h6-8H,1-5H2,(H,9,10,11);/q;+1/p-1. The van der Waals surface area contributed by atoms with Crippen LogP contribution in [0.4, 0.5) is 0 Å². The number of ether oxygens (including phenoxy) is 1. The van der Waals surface area contributed by atoms with Gasteiger partial charge < -0.3 is 19.5 Å². The van der Waals surface area contributed by atoms with Crippen molar-refractivity contribution in [2.75, 3.05) is 25.6 Å². The van der Waals surface area contributed by atoms with Crippen molar-refractivity contribution >= 4 is 10.1 Å². The molecule has 0 aromatic rings. The summed E-state index contributed by atoms with van der Waals surface area (Å²) in [6.45, 7) is -0.381. The third-order valence-corrected chi connectivity index (χ3v) is 1.99. The minimum Gasteiger partial charge on any atom is -0.748 e. The Morgan fingerprint density at radius 1 is 1.43 bits per heavy atom. The first-order chi connectivity index (χ1) is 5.95. The van der Waals surface area contributed by atoms with E-state index in [1.165, 1.54) is 0 Å². The molecule has 0 bridgehead atoms. The van der Waals surface area contributed by atoms with Crippen LogP contribution in [-0.2, 0) is 14.9 Å². The molecular weight excluding hydrogens is 223 g/mol. The van der Waals surface area contributed by atoms with Gasteiger partial charge in [0.2, 0.25) is 0 Å². The predicted octanol–water partition coefficient (Wildman–Crippen LogP) is -4.70. The minimum atomic E-state index is -4.17. The minimum absolute atomic E-state index is 0. The molecule has 0 aliphatic rings. The van der Waals surface area contributed by atoms with E-state index in [1.54, 1.807) is 0 Å². The van der Waals surface area contributed by atoms with Crippen molar-refractivity contribution in [1.29, 1.82) is 0 Å². The van der Waals surface area contributed by atoms with Crippen molar-refractivity contribution in [3.63, 3.8) is 0 Å². The normalized spacial score (nSPS) is 13.4. The Labute approximate surface area is 105 Å². The monoisotopic (exact) mass is 236 g/mol. The van der Waals surface area contributed by atoms with E-state index in [-0.39, 0.29) is 49.2 Å². The molecule has 14 heavy (non-hydrogen) atoms. The fraction of sp³-hybridized carbons (Fsp3) is 1.00. The summed E-state index contributed by atoms with van der Waals surface area (Å²) >= 11 is 0. The summed E-state index contributed by atoms with van der Waals surface area (Å²) < 4.78 is 35.0. The van der Waals surface area contributed by atoms with Gasteiger partial charge in [-0.1, -0.05) is 0 Å². The third-order valence-electron chi connectivity index (χ3n) is 1.20. The van der Waals surface area contributed by atoms with Gasteiger partial charge in [-0.3, -0.25) is 0 Å². The van der Waals surface area contributed by atoms with Crippen LogP contribution in [0.5, 0.6) is 0 Å². The van der Waals surface area contributed by atoms with Crippen LogP contribution < -0.4 is 29.6 Å². The summed E-state index contributed by atoms with van der Waals surface area (Å²) in [7, 11) is -4.17. The molecule has 0 saturated carbocycles. The van der Waals surface area contributed by atoms with E-state index < -0.39 is 28.6 Å². The van der Waals surface area contributed by atoms with Crippen molar-refractivity contribution in [2.45, 2.75) is 12.5 Å². The second-order valence-electron chi connectivity index (χ2n) is 2.53. The van der Waals surface area contributed by atoms with E-state index in [0.29, 0.717) is 0 Å². The molecule has 0 rings (SSSR count). The van der Waals surface area contributed by atoms with Gasteiger partial charge in [-0.2, -0.15) is 0 Å². The molecule has 0 aromatic carbocycles. The molecule has 1 unspecified atom stereocenters. The van der Waals surface area contributed by atoms with Gasteiger partial charge in [-0.15, -0.1) is 0 Å². The second-order valence-corrected chi connectivity index (χ2v) is 4.05. The number of hydrogen-bond acceptors (Lipinski definition) is 6. The second kappa shape index (κ2) is 9.05. The number of aliphatic hydroxyl groups is 2. The molecule has 0 fully saturated rings. The average Bonchev–Trinajstić information content (AvgIpc) is 2.01. The van der Waals surface area contributed by atoms with E-state index in [1.807, 2.05) is 0 Å². The molecule has 0 amide bonds. The maximum atomic E-state index is 10.1. The van der Waals surface area contributed by atoms with Gasteiger partial charge in [-0.05, 0) is 6.42 Å². The van der Waals surface area contributed by atoms with Crippen LogP contribution in [0.25, 0.3) is 0 Å². The van der Waals surface area contributed by atoms with Crippen LogP contribution in [0.2, 0.25) is 0 Å². The molecule has 2 N–H and O–H groups in total. The van der Waals surface area contributed by atoms with Crippen LogP contribution in [0.15, 0.2) is 0 Å². The maximum Gasteiger partial charge on any atom is 1.00 e. The molecule has 80 valence electrons. The molecule has 0 spiro atoms. The number of aliphatic hydroxyl groups excluding tert-OH is 2. The Kier molecular flexibility index (Phi) is 11.1. The Morgan fingerprint density at radius 3 is 2.43 bits per heavy atom. The van der Waals surface area contributed by atoms with Crippen LogP contribution >= 0.6 is 0 Å². The van der Waals surface area contributed by atoms with E-state index in [4.69, 9.17) is 14.9 Å². The van der Waals surface area contributed by atoms with Gasteiger partial charge >= 0.3 is 29.6 Å². The molecule has 6 nitrogen and oxygen atoms in total. The van der Waals surface area contributed by atoms with E-state index in [2.05, 4.69) is 0 Å². The van der Waals surface area contributed by atoms with Crippen LogP contribution in [0.1, 0.15) is 6.42 Å². The maximum absolute atomic E-state index is 10.1. The van der Waals surface area contributed by atoms with Crippen molar-refractivity contribution in [1.82, 2.24) is 0 Å². The Morgan fingerprint density at radius 2 is 2.00 bits per heavy atom. The SMILES string of the molecule is O=S(=O)([O-])CCCOCC(O)CO.[Na+]. The summed E-state index contributed by atoms with van der Waals surface area (Å²) in [6.07, 6.45) is -0.854. The van der Waals surface area contributed by atoms with Crippen molar-refractivity contribution in [3.8, 4) is 0 Å². The van der Waals surface area contributed by atoms with Gasteiger partial charge in [0.15, 0.2) is 0 Å². The molecule has 0 aliphatic carbocycles. The van der Waals surface area contributed by atoms with Crippen LogP contribution in [0, 0.1) is 0 Å². The van der Waals surface area contributed by atoms with Crippen molar-refractivity contribution in [3.05, 3.63) is 0 Å². The number of hydrogen-bond donors (Lipinski definition) is 2.